The van der Waals surface area contributed by atoms with Gasteiger partial charge in [0, 0.05) is 6.04 Å². The first-order chi connectivity index (χ1) is 10.0. The molecular weight excluding hydrogens is 296 g/mol. The number of halogens is 1. The van der Waals surface area contributed by atoms with Gasteiger partial charge in [-0.15, -0.1) is 0 Å². The van der Waals surface area contributed by atoms with Crippen molar-refractivity contribution >= 4 is 29.2 Å². The van der Waals surface area contributed by atoms with Gasteiger partial charge < -0.3 is 20.5 Å². The highest BCUT2D eigenvalue weighted by molar-refractivity contribution is 6.34. The van der Waals surface area contributed by atoms with Crippen molar-refractivity contribution in [1.29, 1.82) is 0 Å². The van der Waals surface area contributed by atoms with Crippen LogP contribution in [-0.2, 0) is 9.53 Å². The van der Waals surface area contributed by atoms with Crippen LogP contribution in [0.4, 0.5) is 5.69 Å². The maximum Gasteiger partial charge on any atom is 0.335 e. The fraction of sp³-hybridized carbons (Fsp3) is 0.429. The van der Waals surface area contributed by atoms with Crippen molar-refractivity contribution in [2.24, 2.45) is 5.92 Å². The van der Waals surface area contributed by atoms with E-state index in [9.17, 15) is 9.59 Å². The van der Waals surface area contributed by atoms with Crippen LogP contribution in [0.1, 0.15) is 17.3 Å². The van der Waals surface area contributed by atoms with Crippen LogP contribution < -0.4 is 10.6 Å². The minimum absolute atomic E-state index is 0.0212. The highest BCUT2D eigenvalue weighted by Crippen LogP contribution is 2.25. The molecule has 21 heavy (non-hydrogen) atoms. The lowest BCUT2D eigenvalue weighted by Gasteiger charge is -2.18. The van der Waals surface area contributed by atoms with Gasteiger partial charge in [-0.05, 0) is 24.7 Å². The van der Waals surface area contributed by atoms with Crippen LogP contribution in [0.25, 0.3) is 0 Å². The van der Waals surface area contributed by atoms with Crippen LogP contribution in [0.3, 0.4) is 0 Å². The van der Waals surface area contributed by atoms with Crippen molar-refractivity contribution in [2.75, 3.05) is 25.1 Å². The number of hydrogen-bond acceptors (Lipinski definition) is 4. The van der Waals surface area contributed by atoms with Gasteiger partial charge in [-0.3, -0.25) is 4.79 Å². The molecule has 1 aromatic carbocycles. The number of likely N-dealkylation sites (N-methyl/N-ethyl adjacent to an activating group) is 1. The van der Waals surface area contributed by atoms with E-state index in [2.05, 4.69) is 10.6 Å². The molecule has 0 aromatic heterocycles. The van der Waals surface area contributed by atoms with Crippen molar-refractivity contribution in [3.05, 3.63) is 28.8 Å². The molecule has 2 rings (SSSR count). The molecule has 6 nitrogen and oxygen atoms in total. The number of benzene rings is 1. The largest absolute Gasteiger partial charge is 0.478 e. The third-order valence-electron chi connectivity index (χ3n) is 3.36. The third kappa shape index (κ3) is 3.72. The molecule has 2 atom stereocenters. The van der Waals surface area contributed by atoms with Gasteiger partial charge in [0.2, 0.25) is 5.91 Å². The SMILES string of the molecule is CCNC1COCC1C(=O)Nc1ccc(C(=O)O)cc1Cl. The fourth-order valence-electron chi connectivity index (χ4n) is 2.25. The molecule has 1 heterocycles. The number of anilines is 1. The van der Waals surface area contributed by atoms with E-state index >= 15 is 0 Å². The summed E-state index contributed by atoms with van der Waals surface area (Å²) in [6.45, 7) is 3.58. The average molecular weight is 313 g/mol. The maximum atomic E-state index is 12.3. The van der Waals surface area contributed by atoms with Crippen LogP contribution in [0.2, 0.25) is 5.02 Å². The molecule has 0 saturated carbocycles. The third-order valence-corrected chi connectivity index (χ3v) is 3.67. The van der Waals surface area contributed by atoms with Gasteiger partial charge in [0.15, 0.2) is 0 Å². The Labute approximate surface area is 127 Å². The van der Waals surface area contributed by atoms with E-state index in [1.165, 1.54) is 18.2 Å². The van der Waals surface area contributed by atoms with E-state index in [-0.39, 0.29) is 28.5 Å². The molecule has 0 bridgehead atoms. The zero-order chi connectivity index (χ0) is 15.4. The van der Waals surface area contributed by atoms with Gasteiger partial charge in [0.25, 0.3) is 0 Å². The Morgan fingerprint density at radius 1 is 1.43 bits per heavy atom. The molecule has 7 heteroatoms. The van der Waals surface area contributed by atoms with Gasteiger partial charge >= 0.3 is 5.97 Å². The van der Waals surface area contributed by atoms with Crippen LogP contribution in [0, 0.1) is 5.92 Å². The molecule has 114 valence electrons. The number of carbonyl (C=O) groups is 2. The second-order valence-corrected chi connectivity index (χ2v) is 5.20. The molecule has 3 N–H and O–H groups in total. The molecular formula is C14H17ClN2O4. The van der Waals surface area contributed by atoms with Gasteiger partial charge in [-0.1, -0.05) is 18.5 Å². The van der Waals surface area contributed by atoms with Gasteiger partial charge in [0.1, 0.15) is 0 Å². The molecule has 0 radical (unpaired) electrons. The summed E-state index contributed by atoms with van der Waals surface area (Å²) in [4.78, 5) is 23.1. The van der Waals surface area contributed by atoms with E-state index in [4.69, 9.17) is 21.4 Å². The van der Waals surface area contributed by atoms with E-state index in [1.807, 2.05) is 6.92 Å². The molecule has 1 aromatic rings. The highest BCUT2D eigenvalue weighted by Gasteiger charge is 2.33. The fourth-order valence-corrected chi connectivity index (χ4v) is 2.48. The van der Waals surface area contributed by atoms with Crippen molar-refractivity contribution in [1.82, 2.24) is 5.32 Å². The molecule has 1 amide bonds. The van der Waals surface area contributed by atoms with Crippen molar-refractivity contribution < 1.29 is 19.4 Å². The number of carbonyl (C=O) groups excluding carboxylic acids is 1. The summed E-state index contributed by atoms with van der Waals surface area (Å²) in [6.07, 6.45) is 0. The Kier molecular flexibility index (Phi) is 5.17. The Morgan fingerprint density at radius 2 is 2.19 bits per heavy atom. The maximum absolute atomic E-state index is 12.3. The predicted octanol–water partition coefficient (Wildman–Crippen LogP) is 1.60. The lowest BCUT2D eigenvalue weighted by atomic mass is 10.0. The first kappa shape index (κ1) is 15.8. The highest BCUT2D eigenvalue weighted by atomic mass is 35.5. The lowest BCUT2D eigenvalue weighted by molar-refractivity contribution is -0.120. The summed E-state index contributed by atoms with van der Waals surface area (Å²) in [7, 11) is 0. The number of ether oxygens (including phenoxy) is 1. The lowest BCUT2D eigenvalue weighted by Crippen LogP contribution is -2.41. The minimum atomic E-state index is -1.06. The van der Waals surface area contributed by atoms with Crippen LogP contribution in [-0.4, -0.2) is 42.8 Å². The Balaban J connectivity index is 2.07. The topological polar surface area (TPSA) is 87.7 Å². The van der Waals surface area contributed by atoms with E-state index in [0.717, 1.165) is 6.54 Å². The zero-order valence-corrected chi connectivity index (χ0v) is 12.3. The standard InChI is InChI=1S/C14H17ClN2O4/c1-2-16-12-7-21-6-9(12)13(18)17-11-4-3-8(14(19)20)5-10(11)15/h3-5,9,12,16H,2,6-7H2,1H3,(H,17,18)(H,19,20). The number of rotatable bonds is 5. The molecule has 1 aliphatic rings. The molecule has 0 aliphatic carbocycles. The van der Waals surface area contributed by atoms with Gasteiger partial charge in [0.05, 0.1) is 35.4 Å². The Morgan fingerprint density at radius 3 is 2.81 bits per heavy atom. The molecule has 0 spiro atoms. The van der Waals surface area contributed by atoms with Crippen molar-refractivity contribution in [3.63, 3.8) is 0 Å². The summed E-state index contributed by atoms with van der Waals surface area (Å²) in [5.41, 5.74) is 0.474. The first-order valence-electron chi connectivity index (χ1n) is 6.67. The van der Waals surface area contributed by atoms with E-state index < -0.39 is 5.97 Å². The quantitative estimate of drug-likeness (QED) is 0.768. The van der Waals surface area contributed by atoms with Crippen LogP contribution >= 0.6 is 11.6 Å². The number of carboxylic acid groups (broad SMARTS) is 1. The van der Waals surface area contributed by atoms with Crippen LogP contribution in [0.15, 0.2) is 18.2 Å². The number of carboxylic acids is 1. The summed E-state index contributed by atoms with van der Waals surface area (Å²) >= 11 is 6.00. The zero-order valence-electron chi connectivity index (χ0n) is 11.6. The summed E-state index contributed by atoms with van der Waals surface area (Å²) in [6, 6.07) is 4.18. The van der Waals surface area contributed by atoms with E-state index in [1.54, 1.807) is 0 Å². The van der Waals surface area contributed by atoms with Crippen molar-refractivity contribution in [2.45, 2.75) is 13.0 Å². The summed E-state index contributed by atoms with van der Waals surface area (Å²) < 4.78 is 5.33. The molecule has 2 unspecified atom stereocenters. The number of amides is 1. The number of nitrogens with one attached hydrogen (secondary N) is 2. The van der Waals surface area contributed by atoms with E-state index in [0.29, 0.717) is 18.9 Å². The van der Waals surface area contributed by atoms with Gasteiger partial charge in [-0.2, -0.15) is 0 Å². The normalized spacial score (nSPS) is 21.2. The van der Waals surface area contributed by atoms with Crippen molar-refractivity contribution in [3.8, 4) is 0 Å². The minimum Gasteiger partial charge on any atom is -0.478 e. The second-order valence-electron chi connectivity index (χ2n) is 4.80. The molecule has 1 aliphatic heterocycles. The summed E-state index contributed by atoms with van der Waals surface area (Å²) in [5, 5.41) is 15.0. The average Bonchev–Trinajstić information content (AvgIpc) is 2.89. The van der Waals surface area contributed by atoms with Crippen LogP contribution in [0.5, 0.6) is 0 Å². The first-order valence-corrected chi connectivity index (χ1v) is 7.05. The smallest absolute Gasteiger partial charge is 0.335 e. The second kappa shape index (κ2) is 6.89. The monoisotopic (exact) mass is 312 g/mol. The Bertz CT molecular complexity index is 550. The number of aromatic carboxylic acids is 1. The predicted molar refractivity (Wildman–Crippen MR) is 78.8 cm³/mol. The molecule has 1 fully saturated rings. The van der Waals surface area contributed by atoms with Gasteiger partial charge in [-0.25, -0.2) is 4.79 Å². The summed E-state index contributed by atoms with van der Waals surface area (Å²) in [5.74, 6) is -1.55. The molecule has 1 saturated heterocycles. The Hall–Kier alpha value is -1.63. The number of hydrogen-bond donors (Lipinski definition) is 3.